The number of hydrogen-bond acceptors (Lipinski definition) is 4. The van der Waals surface area contributed by atoms with Crippen molar-refractivity contribution in [2.75, 3.05) is 11.5 Å². The van der Waals surface area contributed by atoms with E-state index in [4.69, 9.17) is 11.5 Å². The van der Waals surface area contributed by atoms with Gasteiger partial charge in [0.2, 0.25) is 0 Å². The Labute approximate surface area is 80.0 Å². The molecule has 0 atom stereocenters. The number of nitrogens with two attached hydrogens (primary N) is 2. The van der Waals surface area contributed by atoms with E-state index in [9.17, 15) is 0 Å². The zero-order chi connectivity index (χ0) is 9.26. The number of benzene rings is 1. The summed E-state index contributed by atoms with van der Waals surface area (Å²) in [6, 6.07) is 5.51. The van der Waals surface area contributed by atoms with Crippen molar-refractivity contribution in [2.24, 2.45) is 0 Å². The Kier molecular flexibility index (Phi) is 1.90. The average Bonchev–Trinajstić information content (AvgIpc) is 2.56. The molecule has 0 saturated carbocycles. The second kappa shape index (κ2) is 3.06. The van der Waals surface area contributed by atoms with Crippen molar-refractivity contribution in [2.45, 2.75) is 0 Å². The van der Waals surface area contributed by atoms with Gasteiger partial charge in [0.25, 0.3) is 0 Å². The molecule has 0 aliphatic heterocycles. The van der Waals surface area contributed by atoms with Crippen molar-refractivity contribution < 1.29 is 0 Å². The summed E-state index contributed by atoms with van der Waals surface area (Å²) in [4.78, 5) is 5.06. The van der Waals surface area contributed by atoms with Crippen LogP contribution < -0.4 is 11.5 Å². The summed E-state index contributed by atoms with van der Waals surface area (Å²) < 4.78 is 0. The van der Waals surface area contributed by atoms with Crippen LogP contribution in [0.1, 0.15) is 0 Å². The van der Waals surface area contributed by atoms with Gasteiger partial charge >= 0.3 is 0 Å². The van der Waals surface area contributed by atoms with Gasteiger partial charge in [0.15, 0.2) is 0 Å². The van der Waals surface area contributed by atoms with Crippen molar-refractivity contribution in [3.05, 3.63) is 29.9 Å². The molecule has 3 nitrogen and oxygen atoms in total. The Hall–Kier alpha value is -1.55. The number of aromatic nitrogens is 1. The van der Waals surface area contributed by atoms with E-state index in [1.165, 1.54) is 0 Å². The Balaban J connectivity index is 2.53. The highest BCUT2D eigenvalue weighted by Gasteiger charge is 2.03. The largest absolute Gasteiger partial charge is 0.399 e. The lowest BCUT2D eigenvalue weighted by Crippen LogP contribution is -1.91. The van der Waals surface area contributed by atoms with Gasteiger partial charge in [-0.2, -0.15) is 0 Å². The Morgan fingerprint density at radius 2 is 2.08 bits per heavy atom. The Bertz CT molecular complexity index is 409. The summed E-state index contributed by atoms with van der Waals surface area (Å²) >= 11 is 1.56. The molecule has 1 aromatic heterocycles. The maximum absolute atomic E-state index is 5.81. The van der Waals surface area contributed by atoms with Gasteiger partial charge in [-0.15, -0.1) is 11.3 Å². The van der Waals surface area contributed by atoms with Crippen molar-refractivity contribution in [1.82, 2.24) is 4.98 Å². The lowest BCUT2D eigenvalue weighted by atomic mass is 10.1. The van der Waals surface area contributed by atoms with Gasteiger partial charge in [-0.25, -0.2) is 0 Å². The van der Waals surface area contributed by atoms with E-state index in [1.807, 2.05) is 12.1 Å². The van der Waals surface area contributed by atoms with Crippen molar-refractivity contribution in [1.29, 1.82) is 0 Å². The topological polar surface area (TPSA) is 64.9 Å². The van der Waals surface area contributed by atoms with Gasteiger partial charge in [-0.1, -0.05) is 0 Å². The Morgan fingerprint density at radius 1 is 1.23 bits per heavy atom. The molecule has 2 aromatic rings. The molecule has 0 unspecified atom stereocenters. The van der Waals surface area contributed by atoms with Crippen LogP contribution in [-0.4, -0.2) is 4.98 Å². The smallest absolute Gasteiger partial charge is 0.0797 e. The highest BCUT2D eigenvalue weighted by atomic mass is 32.1. The predicted molar refractivity (Wildman–Crippen MR) is 56.4 cm³/mol. The second-order valence-electron chi connectivity index (χ2n) is 2.71. The van der Waals surface area contributed by atoms with Gasteiger partial charge in [0, 0.05) is 23.1 Å². The van der Waals surface area contributed by atoms with E-state index in [1.54, 1.807) is 29.1 Å². The summed E-state index contributed by atoms with van der Waals surface area (Å²) in [5.74, 6) is 0. The summed E-state index contributed by atoms with van der Waals surface area (Å²) in [7, 11) is 0. The van der Waals surface area contributed by atoms with Crippen molar-refractivity contribution in [3.63, 3.8) is 0 Å². The molecule has 0 spiro atoms. The highest BCUT2D eigenvalue weighted by molar-refractivity contribution is 7.13. The van der Waals surface area contributed by atoms with Crippen LogP contribution in [0.2, 0.25) is 0 Å². The molecule has 1 heterocycles. The molecule has 0 bridgehead atoms. The maximum atomic E-state index is 5.81. The molecule has 4 N–H and O–H groups in total. The summed E-state index contributed by atoms with van der Waals surface area (Å²) in [6.07, 6.45) is 1.80. The van der Waals surface area contributed by atoms with Crippen LogP contribution in [0, 0.1) is 0 Å². The fourth-order valence-corrected chi connectivity index (χ4v) is 1.82. The zero-order valence-electron chi connectivity index (χ0n) is 6.90. The molecule has 0 aliphatic carbocycles. The number of rotatable bonds is 1. The molecule has 66 valence electrons. The second-order valence-corrected chi connectivity index (χ2v) is 3.60. The van der Waals surface area contributed by atoms with Gasteiger partial charge < -0.3 is 11.5 Å². The molecule has 1 aromatic carbocycles. The molecular formula is C9H9N3S. The summed E-state index contributed by atoms with van der Waals surface area (Å²) in [5, 5.41) is 0. The molecule has 2 rings (SSSR count). The SMILES string of the molecule is Nc1ccc(-c2cncs2)c(N)c1. The first-order chi connectivity index (χ1) is 6.27. The quantitative estimate of drug-likeness (QED) is 0.677. The molecular weight excluding hydrogens is 182 g/mol. The number of nitrogens with zero attached hydrogens (tertiary/aromatic N) is 1. The minimum absolute atomic E-state index is 0.686. The first kappa shape index (κ1) is 8.07. The van der Waals surface area contributed by atoms with Crippen LogP contribution in [-0.2, 0) is 0 Å². The van der Waals surface area contributed by atoms with Gasteiger partial charge in [-0.05, 0) is 18.2 Å². The van der Waals surface area contributed by atoms with E-state index in [2.05, 4.69) is 4.98 Å². The third-order valence-corrected chi connectivity index (χ3v) is 2.58. The number of hydrogen-bond donors (Lipinski definition) is 2. The van der Waals surface area contributed by atoms with Crippen LogP contribution >= 0.6 is 11.3 Å². The minimum Gasteiger partial charge on any atom is -0.399 e. The van der Waals surface area contributed by atoms with Crippen LogP contribution in [0.15, 0.2) is 29.9 Å². The van der Waals surface area contributed by atoms with Crippen LogP contribution in [0.3, 0.4) is 0 Å². The summed E-state index contributed by atoms with van der Waals surface area (Å²) in [5.41, 5.74) is 15.6. The van der Waals surface area contributed by atoms with Crippen molar-refractivity contribution in [3.8, 4) is 10.4 Å². The molecule has 0 radical (unpaired) electrons. The molecule has 0 aliphatic rings. The van der Waals surface area contributed by atoms with Gasteiger partial charge in [0.05, 0.1) is 10.4 Å². The monoisotopic (exact) mass is 191 g/mol. The lowest BCUT2D eigenvalue weighted by molar-refractivity contribution is 1.42. The third-order valence-electron chi connectivity index (χ3n) is 1.77. The number of anilines is 2. The zero-order valence-corrected chi connectivity index (χ0v) is 7.71. The van der Waals surface area contributed by atoms with Crippen LogP contribution in [0.4, 0.5) is 11.4 Å². The van der Waals surface area contributed by atoms with E-state index < -0.39 is 0 Å². The highest BCUT2D eigenvalue weighted by Crippen LogP contribution is 2.29. The fourth-order valence-electron chi connectivity index (χ4n) is 1.15. The standard InChI is InChI=1S/C9H9N3S/c10-6-1-2-7(8(11)3-6)9-4-12-5-13-9/h1-5H,10-11H2. The molecule has 0 amide bonds. The van der Waals surface area contributed by atoms with Gasteiger partial charge in [-0.3, -0.25) is 4.98 Å². The van der Waals surface area contributed by atoms with E-state index in [0.717, 1.165) is 10.4 Å². The number of thiazole rings is 1. The molecule has 13 heavy (non-hydrogen) atoms. The summed E-state index contributed by atoms with van der Waals surface area (Å²) in [6.45, 7) is 0. The Morgan fingerprint density at radius 3 is 2.69 bits per heavy atom. The number of nitrogen functional groups attached to an aromatic ring is 2. The van der Waals surface area contributed by atoms with Crippen molar-refractivity contribution >= 4 is 22.7 Å². The van der Waals surface area contributed by atoms with Crippen LogP contribution in [0.25, 0.3) is 10.4 Å². The molecule has 0 saturated heterocycles. The van der Waals surface area contributed by atoms with Gasteiger partial charge in [0.1, 0.15) is 0 Å². The van der Waals surface area contributed by atoms with E-state index in [0.29, 0.717) is 11.4 Å². The van der Waals surface area contributed by atoms with E-state index in [-0.39, 0.29) is 0 Å². The first-order valence-corrected chi connectivity index (χ1v) is 4.69. The molecule has 4 heteroatoms. The van der Waals surface area contributed by atoms with Crippen LogP contribution in [0.5, 0.6) is 0 Å². The average molecular weight is 191 g/mol. The first-order valence-electron chi connectivity index (χ1n) is 3.81. The maximum Gasteiger partial charge on any atom is 0.0797 e. The fraction of sp³-hybridized carbons (Fsp3) is 0. The normalized spacial score (nSPS) is 10.2. The minimum atomic E-state index is 0.686. The third kappa shape index (κ3) is 1.48. The molecule has 0 fully saturated rings. The lowest BCUT2D eigenvalue weighted by Gasteiger charge is -2.02. The predicted octanol–water partition coefficient (Wildman–Crippen LogP) is 1.97. The van der Waals surface area contributed by atoms with E-state index >= 15 is 0 Å².